The third-order valence-corrected chi connectivity index (χ3v) is 4.45. The van der Waals surface area contributed by atoms with Crippen molar-refractivity contribution in [3.63, 3.8) is 0 Å². The number of fused-ring (bicyclic) bond motifs is 1. The standard InChI is InChI=1S/C15H17F2NO/c16-12-6-3-5-11(14(12)17)15(19)18-9-8-10-4-1-2-7-13(10)18/h3,5-6,10,13H,1-2,4,7-9H2. The molecule has 0 bridgehead atoms. The minimum absolute atomic E-state index is 0.133. The highest BCUT2D eigenvalue weighted by Crippen LogP contribution is 2.37. The Morgan fingerprint density at radius 2 is 1.95 bits per heavy atom. The molecule has 1 aliphatic carbocycles. The van der Waals surface area contributed by atoms with E-state index in [0.717, 1.165) is 31.7 Å². The Labute approximate surface area is 111 Å². The van der Waals surface area contributed by atoms with Crippen molar-refractivity contribution in [2.75, 3.05) is 6.54 Å². The van der Waals surface area contributed by atoms with Crippen molar-refractivity contribution in [2.24, 2.45) is 5.92 Å². The maximum Gasteiger partial charge on any atom is 0.257 e. The van der Waals surface area contributed by atoms with Gasteiger partial charge in [0.1, 0.15) is 0 Å². The number of rotatable bonds is 1. The van der Waals surface area contributed by atoms with Crippen LogP contribution >= 0.6 is 0 Å². The van der Waals surface area contributed by atoms with Crippen molar-refractivity contribution in [3.05, 3.63) is 35.4 Å². The van der Waals surface area contributed by atoms with Crippen LogP contribution in [0, 0.1) is 17.6 Å². The average Bonchev–Trinajstić information content (AvgIpc) is 2.85. The van der Waals surface area contributed by atoms with Crippen LogP contribution < -0.4 is 0 Å². The number of halogens is 2. The molecule has 3 rings (SSSR count). The van der Waals surface area contributed by atoms with Gasteiger partial charge in [0.05, 0.1) is 5.56 Å². The first-order valence-corrected chi connectivity index (χ1v) is 6.93. The molecule has 102 valence electrons. The van der Waals surface area contributed by atoms with Gasteiger partial charge in [0.2, 0.25) is 0 Å². The second-order valence-electron chi connectivity index (χ2n) is 5.50. The van der Waals surface area contributed by atoms with E-state index in [1.165, 1.54) is 18.6 Å². The van der Waals surface area contributed by atoms with Crippen molar-refractivity contribution < 1.29 is 13.6 Å². The minimum atomic E-state index is -1.02. The van der Waals surface area contributed by atoms with Gasteiger partial charge in [0.25, 0.3) is 5.91 Å². The molecule has 2 unspecified atom stereocenters. The number of hydrogen-bond donors (Lipinski definition) is 0. The van der Waals surface area contributed by atoms with Crippen LogP contribution in [0.25, 0.3) is 0 Å². The molecule has 2 atom stereocenters. The monoisotopic (exact) mass is 265 g/mol. The van der Waals surface area contributed by atoms with Gasteiger partial charge < -0.3 is 4.90 Å². The van der Waals surface area contributed by atoms with E-state index < -0.39 is 11.6 Å². The lowest BCUT2D eigenvalue weighted by Gasteiger charge is -2.31. The molecule has 0 aromatic heterocycles. The van der Waals surface area contributed by atoms with Gasteiger partial charge in [-0.15, -0.1) is 0 Å². The Balaban J connectivity index is 1.86. The molecule has 0 N–H and O–H groups in total. The number of hydrogen-bond acceptors (Lipinski definition) is 1. The lowest BCUT2D eigenvalue weighted by atomic mass is 9.85. The number of benzene rings is 1. The topological polar surface area (TPSA) is 20.3 Å². The number of likely N-dealkylation sites (tertiary alicyclic amines) is 1. The van der Waals surface area contributed by atoms with Crippen molar-refractivity contribution in [2.45, 2.75) is 38.1 Å². The summed E-state index contributed by atoms with van der Waals surface area (Å²) in [6, 6.07) is 4.03. The molecule has 0 radical (unpaired) electrons. The predicted molar refractivity (Wildman–Crippen MR) is 67.8 cm³/mol. The summed E-state index contributed by atoms with van der Waals surface area (Å²) in [5, 5.41) is 0. The van der Waals surface area contributed by atoms with E-state index >= 15 is 0 Å². The highest BCUT2D eigenvalue weighted by atomic mass is 19.2. The summed E-state index contributed by atoms with van der Waals surface area (Å²) in [7, 11) is 0. The summed E-state index contributed by atoms with van der Waals surface area (Å²) in [4.78, 5) is 14.1. The van der Waals surface area contributed by atoms with Crippen LogP contribution in [0.2, 0.25) is 0 Å². The average molecular weight is 265 g/mol. The fourth-order valence-electron chi connectivity index (χ4n) is 3.48. The van der Waals surface area contributed by atoms with E-state index in [1.54, 1.807) is 4.90 Å². The van der Waals surface area contributed by atoms with Crippen molar-refractivity contribution in [1.29, 1.82) is 0 Å². The van der Waals surface area contributed by atoms with Crippen LogP contribution in [0.15, 0.2) is 18.2 Å². The van der Waals surface area contributed by atoms with Gasteiger partial charge >= 0.3 is 0 Å². The van der Waals surface area contributed by atoms with E-state index in [-0.39, 0.29) is 17.5 Å². The van der Waals surface area contributed by atoms with Crippen molar-refractivity contribution in [3.8, 4) is 0 Å². The molecule has 2 aliphatic rings. The zero-order valence-electron chi connectivity index (χ0n) is 10.7. The Hall–Kier alpha value is -1.45. The van der Waals surface area contributed by atoms with E-state index in [2.05, 4.69) is 0 Å². The predicted octanol–water partition coefficient (Wildman–Crippen LogP) is 3.37. The molecule has 1 aliphatic heterocycles. The highest BCUT2D eigenvalue weighted by molar-refractivity contribution is 5.95. The maximum atomic E-state index is 13.7. The second kappa shape index (κ2) is 4.91. The fourth-order valence-corrected chi connectivity index (χ4v) is 3.48. The lowest BCUT2D eigenvalue weighted by molar-refractivity contribution is 0.0684. The maximum absolute atomic E-state index is 13.7. The SMILES string of the molecule is O=C(c1cccc(F)c1F)N1CCC2CCCCC21. The Kier molecular flexibility index (Phi) is 3.25. The molecule has 2 nitrogen and oxygen atoms in total. The van der Waals surface area contributed by atoms with Crippen LogP contribution in [-0.2, 0) is 0 Å². The number of nitrogens with zero attached hydrogens (tertiary/aromatic N) is 1. The quantitative estimate of drug-likeness (QED) is 0.762. The van der Waals surface area contributed by atoms with Gasteiger partial charge in [0.15, 0.2) is 11.6 Å². The molecule has 1 saturated carbocycles. The Bertz CT molecular complexity index is 503. The molecule has 0 spiro atoms. The minimum Gasteiger partial charge on any atom is -0.335 e. The van der Waals surface area contributed by atoms with Gasteiger partial charge in [0, 0.05) is 12.6 Å². The van der Waals surface area contributed by atoms with Gasteiger partial charge in [-0.1, -0.05) is 18.9 Å². The molecule has 1 aromatic rings. The van der Waals surface area contributed by atoms with E-state index in [9.17, 15) is 13.6 Å². The van der Waals surface area contributed by atoms with Crippen LogP contribution in [0.1, 0.15) is 42.5 Å². The fraction of sp³-hybridized carbons (Fsp3) is 0.533. The molecular weight excluding hydrogens is 248 g/mol. The number of amides is 1. The molecule has 1 heterocycles. The third kappa shape index (κ3) is 2.13. The first-order chi connectivity index (χ1) is 9.18. The zero-order chi connectivity index (χ0) is 13.4. The smallest absolute Gasteiger partial charge is 0.257 e. The molecule has 19 heavy (non-hydrogen) atoms. The largest absolute Gasteiger partial charge is 0.335 e. The van der Waals surface area contributed by atoms with Gasteiger partial charge in [-0.25, -0.2) is 8.78 Å². The summed E-state index contributed by atoms with van der Waals surface area (Å²) in [5.41, 5.74) is -0.133. The first-order valence-electron chi connectivity index (χ1n) is 6.93. The highest BCUT2D eigenvalue weighted by Gasteiger charge is 2.39. The molecule has 1 saturated heterocycles. The summed E-state index contributed by atoms with van der Waals surface area (Å²) >= 11 is 0. The molecule has 4 heteroatoms. The zero-order valence-corrected chi connectivity index (χ0v) is 10.7. The van der Waals surface area contributed by atoms with Crippen LogP contribution in [0.3, 0.4) is 0 Å². The number of carbonyl (C=O) groups is 1. The summed E-state index contributed by atoms with van der Waals surface area (Å²) in [6.45, 7) is 0.671. The van der Waals surface area contributed by atoms with Gasteiger partial charge in [-0.05, 0) is 37.3 Å². The van der Waals surface area contributed by atoms with Gasteiger partial charge in [-0.3, -0.25) is 4.79 Å². The van der Waals surface area contributed by atoms with Crippen LogP contribution in [-0.4, -0.2) is 23.4 Å². The van der Waals surface area contributed by atoms with Crippen LogP contribution in [0.5, 0.6) is 0 Å². The summed E-state index contributed by atoms with van der Waals surface area (Å²) < 4.78 is 26.9. The molecule has 1 aromatic carbocycles. The van der Waals surface area contributed by atoms with Crippen LogP contribution in [0.4, 0.5) is 8.78 Å². The second-order valence-corrected chi connectivity index (χ2v) is 5.50. The van der Waals surface area contributed by atoms with Crippen molar-refractivity contribution in [1.82, 2.24) is 4.90 Å². The first kappa shape index (κ1) is 12.6. The third-order valence-electron chi connectivity index (χ3n) is 4.45. The van der Waals surface area contributed by atoms with Crippen molar-refractivity contribution >= 4 is 5.91 Å². The number of carbonyl (C=O) groups excluding carboxylic acids is 1. The van der Waals surface area contributed by atoms with Gasteiger partial charge in [-0.2, -0.15) is 0 Å². The lowest BCUT2D eigenvalue weighted by Crippen LogP contribution is -2.39. The Morgan fingerprint density at radius 1 is 1.16 bits per heavy atom. The Morgan fingerprint density at radius 3 is 2.79 bits per heavy atom. The summed E-state index contributed by atoms with van der Waals surface area (Å²) in [5.74, 6) is -1.78. The van der Waals surface area contributed by atoms with E-state index in [4.69, 9.17) is 0 Å². The molecular formula is C15H17F2NO. The molecule has 1 amide bonds. The molecule has 2 fully saturated rings. The normalized spacial score (nSPS) is 26.3. The summed E-state index contributed by atoms with van der Waals surface area (Å²) in [6.07, 6.45) is 5.48. The van der Waals surface area contributed by atoms with E-state index in [1.807, 2.05) is 0 Å². The van der Waals surface area contributed by atoms with E-state index in [0.29, 0.717) is 12.5 Å².